The van der Waals surface area contributed by atoms with E-state index in [2.05, 4.69) is 11.8 Å². The number of hydrogen-bond donors (Lipinski definition) is 3. The zero-order valence-electron chi connectivity index (χ0n) is 16.7. The Bertz CT molecular complexity index is 489. The Kier molecular flexibility index (Phi) is 10.8. The molecule has 6 heteroatoms. The van der Waals surface area contributed by atoms with Crippen LogP contribution in [0.4, 0.5) is 0 Å². The van der Waals surface area contributed by atoms with Gasteiger partial charge in [0.05, 0.1) is 6.10 Å². The van der Waals surface area contributed by atoms with Gasteiger partial charge in [0.2, 0.25) is 0 Å². The number of ketones is 1. The molecule has 0 aliphatic heterocycles. The lowest BCUT2D eigenvalue weighted by Crippen LogP contribution is -2.26. The number of carboxylic acid groups (broad SMARTS) is 1. The van der Waals surface area contributed by atoms with Gasteiger partial charge in [-0.25, -0.2) is 4.89 Å². The first-order valence-corrected chi connectivity index (χ1v) is 10.3. The second-order valence-corrected chi connectivity index (χ2v) is 7.99. The van der Waals surface area contributed by atoms with Gasteiger partial charge in [-0.2, -0.15) is 0 Å². The first-order valence-electron chi connectivity index (χ1n) is 10.3. The molecule has 1 aliphatic carbocycles. The summed E-state index contributed by atoms with van der Waals surface area (Å²) in [6, 6.07) is 0. The van der Waals surface area contributed by atoms with Crippen LogP contribution >= 0.6 is 0 Å². The van der Waals surface area contributed by atoms with Crippen molar-refractivity contribution >= 4 is 11.8 Å². The van der Waals surface area contributed by atoms with Gasteiger partial charge in [-0.1, -0.05) is 57.6 Å². The number of unbranched alkanes of at least 4 members (excludes halogenated alkanes) is 5. The minimum Gasteiger partial charge on any atom is -0.481 e. The van der Waals surface area contributed by atoms with Crippen LogP contribution < -0.4 is 0 Å². The molecule has 0 aromatic carbocycles. The van der Waals surface area contributed by atoms with Gasteiger partial charge in [-0.05, 0) is 26.2 Å². The summed E-state index contributed by atoms with van der Waals surface area (Å²) in [7, 11) is 0. The summed E-state index contributed by atoms with van der Waals surface area (Å²) in [4.78, 5) is 27.5. The Labute approximate surface area is 162 Å². The standard InChI is InChI=1S/C21H36O6/c1-3-4-9-13-21(2,27-26)14-12-17-16(18(22)15-19(17)23)10-7-5-6-8-11-20(24)25/h12,14,16-17,19,23,26H,3-11,13,15H2,1-2H3,(H,24,25)/b14-12+/t16-,17-,19-,21?/m1/s1. The lowest BCUT2D eigenvalue weighted by atomic mass is 9.87. The molecule has 0 bridgehead atoms. The zero-order chi connectivity index (χ0) is 20.3. The summed E-state index contributed by atoms with van der Waals surface area (Å²) in [5, 5.41) is 28.2. The van der Waals surface area contributed by atoms with Gasteiger partial charge in [0.1, 0.15) is 11.4 Å². The lowest BCUT2D eigenvalue weighted by molar-refractivity contribution is -0.304. The third-order valence-electron chi connectivity index (χ3n) is 5.54. The number of carboxylic acids is 1. The van der Waals surface area contributed by atoms with Crippen LogP contribution in [0.1, 0.15) is 84.5 Å². The first-order chi connectivity index (χ1) is 12.8. The molecule has 4 atom stereocenters. The van der Waals surface area contributed by atoms with E-state index in [1.807, 2.05) is 6.08 Å². The molecule has 1 rings (SSSR count). The number of aliphatic carboxylic acids is 1. The van der Waals surface area contributed by atoms with E-state index >= 15 is 0 Å². The molecule has 27 heavy (non-hydrogen) atoms. The number of carbonyl (C=O) groups excluding carboxylic acids is 1. The highest BCUT2D eigenvalue weighted by molar-refractivity contribution is 5.84. The molecule has 0 heterocycles. The third kappa shape index (κ3) is 8.54. The maximum absolute atomic E-state index is 12.3. The highest BCUT2D eigenvalue weighted by atomic mass is 17.1. The predicted molar refractivity (Wildman–Crippen MR) is 103 cm³/mol. The van der Waals surface area contributed by atoms with E-state index in [9.17, 15) is 20.0 Å². The second kappa shape index (κ2) is 12.3. The van der Waals surface area contributed by atoms with Gasteiger partial charge in [-0.3, -0.25) is 14.8 Å². The van der Waals surface area contributed by atoms with Crippen molar-refractivity contribution < 1.29 is 29.9 Å². The fourth-order valence-corrected chi connectivity index (χ4v) is 3.79. The molecule has 0 saturated heterocycles. The van der Waals surface area contributed by atoms with E-state index in [0.29, 0.717) is 19.3 Å². The molecule has 3 N–H and O–H groups in total. The Morgan fingerprint density at radius 3 is 2.56 bits per heavy atom. The van der Waals surface area contributed by atoms with E-state index in [1.165, 1.54) is 0 Å². The smallest absolute Gasteiger partial charge is 0.303 e. The largest absolute Gasteiger partial charge is 0.481 e. The lowest BCUT2D eigenvalue weighted by Gasteiger charge is -2.24. The van der Waals surface area contributed by atoms with Gasteiger partial charge >= 0.3 is 5.97 Å². The Morgan fingerprint density at radius 2 is 1.93 bits per heavy atom. The summed E-state index contributed by atoms with van der Waals surface area (Å²) < 4.78 is 0. The molecule has 156 valence electrons. The van der Waals surface area contributed by atoms with Gasteiger partial charge in [0.15, 0.2) is 0 Å². The highest BCUT2D eigenvalue weighted by Crippen LogP contribution is 2.35. The molecule has 1 aliphatic rings. The van der Waals surface area contributed by atoms with Gasteiger partial charge in [0.25, 0.3) is 0 Å². The Balaban J connectivity index is 2.56. The van der Waals surface area contributed by atoms with Crippen LogP contribution in [-0.4, -0.2) is 38.9 Å². The van der Waals surface area contributed by atoms with Crippen LogP contribution in [0.2, 0.25) is 0 Å². The first kappa shape index (κ1) is 23.8. The van der Waals surface area contributed by atoms with E-state index < -0.39 is 17.7 Å². The maximum Gasteiger partial charge on any atom is 0.303 e. The average Bonchev–Trinajstić information content (AvgIpc) is 2.89. The van der Waals surface area contributed by atoms with Crippen molar-refractivity contribution in [3.8, 4) is 0 Å². The van der Waals surface area contributed by atoms with Crippen molar-refractivity contribution in [2.45, 2.75) is 96.2 Å². The highest BCUT2D eigenvalue weighted by Gasteiger charge is 2.39. The summed E-state index contributed by atoms with van der Waals surface area (Å²) >= 11 is 0. The number of aliphatic hydroxyl groups excluding tert-OH is 1. The van der Waals surface area contributed by atoms with E-state index in [4.69, 9.17) is 5.11 Å². The molecular formula is C21H36O6. The van der Waals surface area contributed by atoms with Crippen molar-refractivity contribution in [2.24, 2.45) is 11.8 Å². The van der Waals surface area contributed by atoms with Crippen molar-refractivity contribution in [2.75, 3.05) is 0 Å². The monoisotopic (exact) mass is 384 g/mol. The number of carbonyl (C=O) groups is 2. The van der Waals surface area contributed by atoms with Crippen molar-refractivity contribution in [1.82, 2.24) is 0 Å². The van der Waals surface area contributed by atoms with E-state index in [0.717, 1.165) is 38.5 Å². The molecule has 0 aromatic heterocycles. The fraction of sp³-hybridized carbons (Fsp3) is 0.810. The molecular weight excluding hydrogens is 348 g/mol. The minimum absolute atomic E-state index is 0.0836. The number of rotatable bonds is 14. The third-order valence-corrected chi connectivity index (χ3v) is 5.54. The van der Waals surface area contributed by atoms with Crippen LogP contribution in [-0.2, 0) is 14.5 Å². The number of hydrogen-bond acceptors (Lipinski definition) is 5. The normalized spacial score (nSPS) is 25.2. The molecule has 1 saturated carbocycles. The van der Waals surface area contributed by atoms with Crippen LogP contribution in [0.3, 0.4) is 0 Å². The average molecular weight is 385 g/mol. The van der Waals surface area contributed by atoms with Crippen molar-refractivity contribution in [3.63, 3.8) is 0 Å². The summed E-state index contributed by atoms with van der Waals surface area (Å²) in [5.74, 6) is -1.16. The summed E-state index contributed by atoms with van der Waals surface area (Å²) in [6.07, 6.45) is 11.0. The van der Waals surface area contributed by atoms with Crippen molar-refractivity contribution in [3.05, 3.63) is 12.2 Å². The molecule has 0 amide bonds. The quantitative estimate of drug-likeness (QED) is 0.178. The van der Waals surface area contributed by atoms with Crippen LogP contribution in [0.25, 0.3) is 0 Å². The van der Waals surface area contributed by atoms with E-state index in [-0.39, 0.29) is 30.5 Å². The van der Waals surface area contributed by atoms with Crippen LogP contribution in [0.5, 0.6) is 0 Å². The van der Waals surface area contributed by atoms with Crippen LogP contribution in [0.15, 0.2) is 12.2 Å². The van der Waals surface area contributed by atoms with Crippen LogP contribution in [0, 0.1) is 11.8 Å². The minimum atomic E-state index is -0.804. The van der Waals surface area contributed by atoms with Gasteiger partial charge in [0, 0.05) is 24.7 Å². The SMILES string of the molecule is CCCCCC(C)(/C=C/[C@H]1[C@H](O)CC(=O)[C@@H]1CCCCCCC(=O)O)OO. The number of aliphatic hydroxyl groups is 1. The zero-order valence-corrected chi connectivity index (χ0v) is 16.7. The Morgan fingerprint density at radius 1 is 1.22 bits per heavy atom. The second-order valence-electron chi connectivity index (χ2n) is 7.99. The summed E-state index contributed by atoms with van der Waals surface area (Å²) in [5.41, 5.74) is -0.804. The molecule has 6 nitrogen and oxygen atoms in total. The van der Waals surface area contributed by atoms with Crippen molar-refractivity contribution in [1.29, 1.82) is 0 Å². The van der Waals surface area contributed by atoms with E-state index in [1.54, 1.807) is 13.0 Å². The molecule has 0 spiro atoms. The topological polar surface area (TPSA) is 104 Å². The predicted octanol–water partition coefficient (Wildman–Crippen LogP) is 4.36. The molecule has 1 fully saturated rings. The summed E-state index contributed by atoms with van der Waals surface area (Å²) in [6.45, 7) is 3.92. The van der Waals surface area contributed by atoms with Gasteiger partial charge in [-0.15, -0.1) is 0 Å². The maximum atomic E-state index is 12.3. The number of Topliss-reactive ketones (excluding diaryl/α,β-unsaturated/α-hetero) is 1. The molecule has 0 radical (unpaired) electrons. The molecule has 1 unspecified atom stereocenters. The van der Waals surface area contributed by atoms with Gasteiger partial charge < -0.3 is 10.2 Å². The molecule has 0 aromatic rings. The Hall–Kier alpha value is -1.24. The fourth-order valence-electron chi connectivity index (χ4n) is 3.79.